The normalized spacial score (nSPS) is 10.8. The summed E-state index contributed by atoms with van der Waals surface area (Å²) < 4.78 is 1.15. The average molecular weight is 228 g/mol. The van der Waals surface area contributed by atoms with Crippen molar-refractivity contribution in [1.82, 2.24) is 9.97 Å². The Bertz CT molecular complexity index is 598. The van der Waals surface area contributed by atoms with Gasteiger partial charge in [0.2, 0.25) is 0 Å². The molecule has 0 aliphatic rings. The second kappa shape index (κ2) is 3.57. The Kier molecular flexibility index (Phi) is 2.08. The van der Waals surface area contributed by atoms with Gasteiger partial charge in [0.25, 0.3) is 0 Å². The van der Waals surface area contributed by atoms with E-state index in [1.807, 2.05) is 24.3 Å². The van der Waals surface area contributed by atoms with Crippen LogP contribution in [-0.4, -0.2) is 15.1 Å². The van der Waals surface area contributed by atoms with Crippen LogP contribution in [0.4, 0.5) is 0 Å². The predicted molar refractivity (Wildman–Crippen MR) is 64.5 cm³/mol. The summed E-state index contributed by atoms with van der Waals surface area (Å²) in [7, 11) is 0. The highest BCUT2D eigenvalue weighted by Gasteiger charge is 2.06. The molecule has 2 aromatic heterocycles. The topological polar surface area (TPSA) is 46.0 Å². The molecule has 0 amide bonds. The van der Waals surface area contributed by atoms with E-state index in [0.717, 1.165) is 20.9 Å². The van der Waals surface area contributed by atoms with Crippen molar-refractivity contribution < 1.29 is 5.11 Å². The maximum Gasteiger partial charge on any atom is 0.143 e. The molecule has 78 valence electrons. The third-order valence-corrected chi connectivity index (χ3v) is 3.32. The van der Waals surface area contributed by atoms with E-state index in [1.54, 1.807) is 23.5 Å². The zero-order chi connectivity index (χ0) is 11.0. The highest BCUT2D eigenvalue weighted by Crippen LogP contribution is 2.29. The molecular formula is C12H8N2OS. The minimum Gasteiger partial charge on any atom is -0.506 e. The van der Waals surface area contributed by atoms with Gasteiger partial charge < -0.3 is 5.11 Å². The number of pyridine rings is 1. The van der Waals surface area contributed by atoms with Crippen LogP contribution in [0.25, 0.3) is 20.9 Å². The molecule has 3 nitrogen and oxygen atoms in total. The fourth-order valence-electron chi connectivity index (χ4n) is 1.49. The van der Waals surface area contributed by atoms with Gasteiger partial charge in [-0.05, 0) is 24.3 Å². The van der Waals surface area contributed by atoms with Crippen LogP contribution in [0, 0.1) is 0 Å². The monoisotopic (exact) mass is 228 g/mol. The zero-order valence-corrected chi connectivity index (χ0v) is 9.11. The lowest BCUT2D eigenvalue weighted by molar-refractivity contribution is 0.473. The zero-order valence-electron chi connectivity index (χ0n) is 8.29. The summed E-state index contributed by atoms with van der Waals surface area (Å²) >= 11 is 1.60. The van der Waals surface area contributed by atoms with E-state index in [-0.39, 0.29) is 5.75 Å². The van der Waals surface area contributed by atoms with Gasteiger partial charge in [0.05, 0.1) is 22.1 Å². The van der Waals surface area contributed by atoms with Crippen molar-refractivity contribution in [3.63, 3.8) is 0 Å². The Morgan fingerprint density at radius 2 is 1.94 bits per heavy atom. The van der Waals surface area contributed by atoms with E-state index >= 15 is 0 Å². The summed E-state index contributed by atoms with van der Waals surface area (Å²) in [6, 6.07) is 11.4. The number of para-hydroxylation sites is 1. The number of fused-ring (bicyclic) bond motifs is 1. The molecule has 0 radical (unpaired) electrons. The Morgan fingerprint density at radius 3 is 2.69 bits per heavy atom. The second-order valence-electron chi connectivity index (χ2n) is 3.39. The average Bonchev–Trinajstić information content (AvgIpc) is 2.73. The first-order chi connectivity index (χ1) is 7.83. The Balaban J connectivity index is 2.15. The minimum atomic E-state index is 0.171. The molecule has 0 unspecified atom stereocenters. The van der Waals surface area contributed by atoms with Gasteiger partial charge in [0.1, 0.15) is 10.8 Å². The van der Waals surface area contributed by atoms with Crippen molar-refractivity contribution in [2.45, 2.75) is 0 Å². The van der Waals surface area contributed by atoms with Gasteiger partial charge in [0, 0.05) is 0 Å². The van der Waals surface area contributed by atoms with Crippen LogP contribution in [0.15, 0.2) is 42.6 Å². The molecule has 0 saturated carbocycles. The number of hydrogen-bond acceptors (Lipinski definition) is 4. The van der Waals surface area contributed by atoms with Crippen LogP contribution >= 0.6 is 11.3 Å². The molecule has 0 aliphatic heterocycles. The van der Waals surface area contributed by atoms with Crippen molar-refractivity contribution in [3.05, 3.63) is 42.6 Å². The van der Waals surface area contributed by atoms with Gasteiger partial charge in [-0.3, -0.25) is 0 Å². The van der Waals surface area contributed by atoms with Crippen molar-refractivity contribution in [2.75, 3.05) is 0 Å². The summed E-state index contributed by atoms with van der Waals surface area (Å²) in [6.07, 6.45) is 1.43. The molecule has 3 aromatic rings. The summed E-state index contributed by atoms with van der Waals surface area (Å²) in [6.45, 7) is 0. The molecule has 0 atom stereocenters. The highest BCUT2D eigenvalue weighted by molar-refractivity contribution is 7.21. The molecule has 4 heteroatoms. The van der Waals surface area contributed by atoms with Crippen molar-refractivity contribution >= 4 is 21.6 Å². The maximum absolute atomic E-state index is 9.16. The third-order valence-electron chi connectivity index (χ3n) is 2.26. The second-order valence-corrected chi connectivity index (χ2v) is 4.42. The number of aromatic hydroxyl groups is 1. The largest absolute Gasteiger partial charge is 0.506 e. The first-order valence-electron chi connectivity index (χ1n) is 4.84. The van der Waals surface area contributed by atoms with Gasteiger partial charge in [-0.15, -0.1) is 11.3 Å². The van der Waals surface area contributed by atoms with Crippen LogP contribution in [0.2, 0.25) is 0 Å². The summed E-state index contributed by atoms with van der Waals surface area (Å²) in [5.74, 6) is 0.171. The number of hydrogen-bond donors (Lipinski definition) is 1. The predicted octanol–water partition coefficient (Wildman–Crippen LogP) is 3.06. The fourth-order valence-corrected chi connectivity index (χ4v) is 2.44. The van der Waals surface area contributed by atoms with E-state index < -0.39 is 0 Å². The molecule has 0 spiro atoms. The van der Waals surface area contributed by atoms with Crippen LogP contribution in [0.3, 0.4) is 0 Å². The quantitative estimate of drug-likeness (QED) is 0.696. The third kappa shape index (κ3) is 1.53. The van der Waals surface area contributed by atoms with Gasteiger partial charge >= 0.3 is 0 Å². The Morgan fingerprint density at radius 1 is 1.06 bits per heavy atom. The Labute approximate surface area is 96.0 Å². The molecule has 3 rings (SSSR count). The van der Waals surface area contributed by atoms with Crippen molar-refractivity contribution in [3.8, 4) is 16.5 Å². The minimum absolute atomic E-state index is 0.171. The number of benzene rings is 1. The molecule has 0 saturated heterocycles. The van der Waals surface area contributed by atoms with E-state index in [2.05, 4.69) is 9.97 Å². The molecule has 2 heterocycles. The van der Waals surface area contributed by atoms with Crippen molar-refractivity contribution in [2.24, 2.45) is 0 Å². The number of rotatable bonds is 1. The lowest BCUT2D eigenvalue weighted by atomic mass is 10.3. The summed E-state index contributed by atoms with van der Waals surface area (Å²) in [5, 5.41) is 10.0. The first-order valence-corrected chi connectivity index (χ1v) is 5.65. The van der Waals surface area contributed by atoms with Crippen molar-refractivity contribution in [1.29, 1.82) is 0 Å². The van der Waals surface area contributed by atoms with Gasteiger partial charge in [-0.1, -0.05) is 12.1 Å². The SMILES string of the molecule is Oc1ccc(-c2nc3ccccc3s2)nc1. The lowest BCUT2D eigenvalue weighted by Gasteiger charge is -1.94. The molecule has 0 aliphatic carbocycles. The maximum atomic E-state index is 9.16. The van der Waals surface area contributed by atoms with E-state index in [9.17, 15) is 0 Å². The summed E-state index contributed by atoms with van der Waals surface area (Å²) in [4.78, 5) is 8.63. The van der Waals surface area contributed by atoms with Crippen LogP contribution in [-0.2, 0) is 0 Å². The smallest absolute Gasteiger partial charge is 0.143 e. The molecule has 1 aromatic carbocycles. The number of thiazole rings is 1. The fraction of sp³-hybridized carbons (Fsp3) is 0. The van der Waals surface area contributed by atoms with Gasteiger partial charge in [0.15, 0.2) is 0 Å². The highest BCUT2D eigenvalue weighted by atomic mass is 32.1. The van der Waals surface area contributed by atoms with E-state index in [0.29, 0.717) is 0 Å². The summed E-state index contributed by atoms with van der Waals surface area (Å²) in [5.41, 5.74) is 1.77. The molecule has 1 N–H and O–H groups in total. The molecule has 0 fully saturated rings. The van der Waals surface area contributed by atoms with Crippen LogP contribution in [0.5, 0.6) is 5.75 Å². The molecule has 0 bridgehead atoms. The number of nitrogens with zero attached hydrogens (tertiary/aromatic N) is 2. The van der Waals surface area contributed by atoms with Gasteiger partial charge in [-0.25, -0.2) is 9.97 Å². The lowest BCUT2D eigenvalue weighted by Crippen LogP contribution is -1.80. The molecular weight excluding hydrogens is 220 g/mol. The van der Waals surface area contributed by atoms with Crippen LogP contribution < -0.4 is 0 Å². The van der Waals surface area contributed by atoms with Crippen LogP contribution in [0.1, 0.15) is 0 Å². The van der Waals surface area contributed by atoms with Gasteiger partial charge in [-0.2, -0.15) is 0 Å². The van der Waals surface area contributed by atoms with E-state index in [4.69, 9.17) is 5.11 Å². The molecule has 16 heavy (non-hydrogen) atoms. The number of aromatic nitrogens is 2. The van der Waals surface area contributed by atoms with E-state index in [1.165, 1.54) is 6.20 Å². The standard InChI is InChI=1S/C12H8N2OS/c15-8-5-6-10(13-7-8)12-14-9-3-1-2-4-11(9)16-12/h1-7,15H. The first kappa shape index (κ1) is 9.30. The Hall–Kier alpha value is -1.94.